The fourth-order valence-corrected chi connectivity index (χ4v) is 2.80. The first-order chi connectivity index (χ1) is 11.3. The summed E-state index contributed by atoms with van der Waals surface area (Å²) in [5.74, 6) is -0.225. The molecule has 0 radical (unpaired) electrons. The van der Waals surface area contributed by atoms with Gasteiger partial charge in [0.05, 0.1) is 5.69 Å². The van der Waals surface area contributed by atoms with Crippen LogP contribution >= 0.6 is 0 Å². The number of aromatic nitrogens is 2. The minimum Gasteiger partial charge on any atom is -0.360 e. The van der Waals surface area contributed by atoms with Crippen LogP contribution < -0.4 is 5.32 Å². The van der Waals surface area contributed by atoms with E-state index in [4.69, 9.17) is 0 Å². The van der Waals surface area contributed by atoms with Crippen LogP contribution in [0.25, 0.3) is 22.4 Å². The molecule has 118 valence electrons. The molecule has 4 heteroatoms. The lowest BCUT2D eigenvalue weighted by molar-refractivity contribution is 0.628. The molecule has 0 spiro atoms. The largest absolute Gasteiger partial charge is 0.360 e. The second kappa shape index (κ2) is 7.20. The molecular weight excluding hydrogens is 289 g/mol. The Hall–Kier alpha value is -2.46. The van der Waals surface area contributed by atoms with Gasteiger partial charge in [0, 0.05) is 29.7 Å². The van der Waals surface area contributed by atoms with Crippen molar-refractivity contribution >= 4 is 0 Å². The van der Waals surface area contributed by atoms with E-state index in [1.807, 2.05) is 19.3 Å². The molecule has 0 atom stereocenters. The number of benzene rings is 1. The number of pyridine rings is 1. The van der Waals surface area contributed by atoms with Crippen molar-refractivity contribution in [2.75, 3.05) is 13.6 Å². The maximum Gasteiger partial charge on any atom is 0.123 e. The predicted octanol–water partition coefficient (Wildman–Crippen LogP) is 4.03. The maximum absolute atomic E-state index is 13.2. The molecule has 0 saturated heterocycles. The molecule has 0 aliphatic carbocycles. The molecule has 0 aliphatic heterocycles. The van der Waals surface area contributed by atoms with Crippen molar-refractivity contribution in [3.05, 3.63) is 66.4 Å². The molecule has 2 aromatic heterocycles. The second-order valence-corrected chi connectivity index (χ2v) is 5.52. The van der Waals surface area contributed by atoms with Crippen LogP contribution in [0.1, 0.15) is 12.0 Å². The Morgan fingerprint density at radius 1 is 1.13 bits per heavy atom. The maximum atomic E-state index is 13.2. The second-order valence-electron chi connectivity index (χ2n) is 5.52. The number of rotatable bonds is 6. The van der Waals surface area contributed by atoms with Gasteiger partial charge in [0.25, 0.3) is 0 Å². The van der Waals surface area contributed by atoms with Gasteiger partial charge in [0.2, 0.25) is 0 Å². The summed E-state index contributed by atoms with van der Waals surface area (Å²) in [5, 5.41) is 3.18. The standard InChI is InChI=1S/C19H20FN3/c1-21-10-2-4-16-13-23-19(14-6-8-17(20)9-7-14)18(16)15-5-3-11-22-12-15/h3,5-9,11-13,21,23H,2,4,10H2,1H3. The summed E-state index contributed by atoms with van der Waals surface area (Å²) < 4.78 is 13.2. The number of H-pyrrole nitrogens is 1. The molecule has 23 heavy (non-hydrogen) atoms. The van der Waals surface area contributed by atoms with Crippen LogP contribution in [0.5, 0.6) is 0 Å². The highest BCUT2D eigenvalue weighted by atomic mass is 19.1. The fraction of sp³-hybridized carbons (Fsp3) is 0.211. The number of nitrogens with zero attached hydrogens (tertiary/aromatic N) is 1. The average Bonchev–Trinajstić information content (AvgIpc) is 3.00. The number of nitrogens with one attached hydrogen (secondary N) is 2. The minimum atomic E-state index is -0.225. The summed E-state index contributed by atoms with van der Waals surface area (Å²) >= 11 is 0. The molecule has 2 heterocycles. The third-order valence-electron chi connectivity index (χ3n) is 3.92. The Bertz CT molecular complexity index is 748. The predicted molar refractivity (Wildman–Crippen MR) is 91.7 cm³/mol. The zero-order chi connectivity index (χ0) is 16.1. The van der Waals surface area contributed by atoms with Crippen LogP contribution in [0.15, 0.2) is 55.0 Å². The van der Waals surface area contributed by atoms with Gasteiger partial charge in [-0.25, -0.2) is 4.39 Å². The van der Waals surface area contributed by atoms with Gasteiger partial charge in [-0.3, -0.25) is 4.98 Å². The number of hydrogen-bond donors (Lipinski definition) is 2. The number of aromatic amines is 1. The van der Waals surface area contributed by atoms with Gasteiger partial charge in [-0.05, 0) is 67.9 Å². The first kappa shape index (κ1) is 15.4. The number of hydrogen-bond acceptors (Lipinski definition) is 2. The van der Waals surface area contributed by atoms with E-state index >= 15 is 0 Å². The lowest BCUT2D eigenvalue weighted by Gasteiger charge is -2.08. The van der Waals surface area contributed by atoms with Crippen molar-refractivity contribution in [2.24, 2.45) is 0 Å². The quantitative estimate of drug-likeness (QED) is 0.675. The SMILES string of the molecule is CNCCCc1c[nH]c(-c2ccc(F)cc2)c1-c1cccnc1. The molecule has 0 aliphatic rings. The van der Waals surface area contributed by atoms with E-state index in [1.165, 1.54) is 17.7 Å². The highest BCUT2D eigenvalue weighted by molar-refractivity contribution is 5.83. The molecule has 3 rings (SSSR count). The molecule has 3 nitrogen and oxygen atoms in total. The third kappa shape index (κ3) is 3.48. The van der Waals surface area contributed by atoms with Gasteiger partial charge in [0.15, 0.2) is 0 Å². The van der Waals surface area contributed by atoms with Crippen LogP contribution in [0, 0.1) is 5.82 Å². The van der Waals surface area contributed by atoms with Crippen molar-refractivity contribution in [3.63, 3.8) is 0 Å². The van der Waals surface area contributed by atoms with Crippen molar-refractivity contribution in [2.45, 2.75) is 12.8 Å². The molecule has 0 bridgehead atoms. The van der Waals surface area contributed by atoms with Crippen LogP contribution in [0.2, 0.25) is 0 Å². The summed E-state index contributed by atoms with van der Waals surface area (Å²) in [6, 6.07) is 10.6. The Kier molecular flexibility index (Phi) is 4.83. The Morgan fingerprint density at radius 3 is 2.65 bits per heavy atom. The van der Waals surface area contributed by atoms with E-state index < -0.39 is 0 Å². The van der Waals surface area contributed by atoms with Crippen molar-refractivity contribution in [3.8, 4) is 22.4 Å². The van der Waals surface area contributed by atoms with Crippen LogP contribution in [0.4, 0.5) is 4.39 Å². The third-order valence-corrected chi connectivity index (χ3v) is 3.92. The minimum absolute atomic E-state index is 0.225. The topological polar surface area (TPSA) is 40.7 Å². The van der Waals surface area contributed by atoms with E-state index in [0.717, 1.165) is 41.8 Å². The summed E-state index contributed by atoms with van der Waals surface area (Å²) in [6.45, 7) is 0.976. The Labute approximate surface area is 135 Å². The first-order valence-electron chi connectivity index (χ1n) is 7.81. The lowest BCUT2D eigenvalue weighted by atomic mass is 9.97. The smallest absolute Gasteiger partial charge is 0.123 e. The average molecular weight is 309 g/mol. The summed E-state index contributed by atoms with van der Waals surface area (Å²) in [6.07, 6.45) is 7.73. The van der Waals surface area contributed by atoms with Gasteiger partial charge in [-0.1, -0.05) is 6.07 Å². The number of halogens is 1. The molecule has 0 saturated carbocycles. The normalized spacial score (nSPS) is 10.9. The van der Waals surface area contributed by atoms with Gasteiger partial charge in [0.1, 0.15) is 5.82 Å². The van der Waals surface area contributed by atoms with Gasteiger partial charge in [-0.15, -0.1) is 0 Å². The molecule has 2 N–H and O–H groups in total. The fourth-order valence-electron chi connectivity index (χ4n) is 2.80. The van der Waals surface area contributed by atoms with Gasteiger partial charge < -0.3 is 10.3 Å². The molecule has 0 unspecified atom stereocenters. The molecule has 0 amide bonds. The van der Waals surface area contributed by atoms with E-state index in [0.29, 0.717) is 0 Å². The zero-order valence-electron chi connectivity index (χ0n) is 13.1. The Balaban J connectivity index is 2.04. The van der Waals surface area contributed by atoms with Crippen molar-refractivity contribution in [1.29, 1.82) is 0 Å². The summed E-state index contributed by atoms with van der Waals surface area (Å²) in [4.78, 5) is 7.61. The monoisotopic (exact) mass is 309 g/mol. The summed E-state index contributed by atoms with van der Waals surface area (Å²) in [7, 11) is 1.96. The summed E-state index contributed by atoms with van der Waals surface area (Å²) in [5.41, 5.74) is 5.48. The van der Waals surface area contributed by atoms with E-state index in [9.17, 15) is 4.39 Å². The molecule has 1 aromatic carbocycles. The molecule has 3 aromatic rings. The highest BCUT2D eigenvalue weighted by Crippen LogP contribution is 2.34. The lowest BCUT2D eigenvalue weighted by Crippen LogP contribution is -2.08. The van der Waals surface area contributed by atoms with Crippen molar-refractivity contribution < 1.29 is 4.39 Å². The van der Waals surface area contributed by atoms with Crippen LogP contribution in [-0.4, -0.2) is 23.6 Å². The van der Waals surface area contributed by atoms with Crippen molar-refractivity contribution in [1.82, 2.24) is 15.3 Å². The number of aryl methyl sites for hydroxylation is 1. The first-order valence-corrected chi connectivity index (χ1v) is 7.81. The molecular formula is C19H20FN3. The Morgan fingerprint density at radius 2 is 1.96 bits per heavy atom. The zero-order valence-corrected chi connectivity index (χ0v) is 13.1. The van der Waals surface area contributed by atoms with Gasteiger partial charge in [-0.2, -0.15) is 0 Å². The van der Waals surface area contributed by atoms with Crippen LogP contribution in [-0.2, 0) is 6.42 Å². The van der Waals surface area contributed by atoms with Gasteiger partial charge >= 0.3 is 0 Å². The van der Waals surface area contributed by atoms with Crippen LogP contribution in [0.3, 0.4) is 0 Å². The van der Waals surface area contributed by atoms with E-state index in [1.54, 1.807) is 18.3 Å². The van der Waals surface area contributed by atoms with E-state index in [2.05, 4.69) is 27.5 Å². The molecule has 0 fully saturated rings. The highest BCUT2D eigenvalue weighted by Gasteiger charge is 2.15. The van der Waals surface area contributed by atoms with E-state index in [-0.39, 0.29) is 5.82 Å².